The standard InChI is InChI=1S/C39H57P/c1-28(2)14-12-15-29(3)34-24-25-35-33-23-22-30-16-13-21-37(39(30,5)36(33)26-27-38(34,35)4)40(31-17-8-6-9-18-31)32-19-10-7-11-20-32/h6-11,17-20,28-30,33-37H,12-16,21-27H2,1-5H3/t29-,30?,33+,34-,35+,36+,37?,38-,39+/m1/s1. The lowest BCUT2D eigenvalue weighted by atomic mass is 9.44. The van der Waals surface area contributed by atoms with Crippen LogP contribution in [0, 0.1) is 52.3 Å². The van der Waals surface area contributed by atoms with Crippen LogP contribution in [0.3, 0.4) is 0 Å². The van der Waals surface area contributed by atoms with Gasteiger partial charge in [-0.1, -0.05) is 121 Å². The molecule has 0 radical (unpaired) electrons. The smallest absolute Gasteiger partial charge is 0.00694 e. The molecule has 0 N–H and O–H groups in total. The molecule has 2 aromatic carbocycles. The molecule has 4 aliphatic carbocycles. The fraction of sp³-hybridized carbons (Fsp3) is 0.692. The summed E-state index contributed by atoms with van der Waals surface area (Å²) in [6.45, 7) is 13.0. The predicted octanol–water partition coefficient (Wildman–Crippen LogP) is 10.6. The Labute approximate surface area is 248 Å². The zero-order valence-corrected chi connectivity index (χ0v) is 27.2. The first kappa shape index (κ1) is 29.0. The summed E-state index contributed by atoms with van der Waals surface area (Å²) in [6.07, 6.45) is 17.7. The molecule has 4 fully saturated rings. The Morgan fingerprint density at radius 3 is 2.05 bits per heavy atom. The zero-order valence-electron chi connectivity index (χ0n) is 26.3. The molecule has 0 heterocycles. The van der Waals surface area contributed by atoms with Gasteiger partial charge >= 0.3 is 0 Å². The van der Waals surface area contributed by atoms with Gasteiger partial charge in [0.05, 0.1) is 0 Å². The highest BCUT2D eigenvalue weighted by Crippen LogP contribution is 2.71. The van der Waals surface area contributed by atoms with E-state index < -0.39 is 0 Å². The number of hydrogen-bond acceptors (Lipinski definition) is 0. The van der Waals surface area contributed by atoms with E-state index in [2.05, 4.69) is 95.3 Å². The lowest BCUT2D eigenvalue weighted by Gasteiger charge is -2.64. The van der Waals surface area contributed by atoms with Crippen LogP contribution in [0.5, 0.6) is 0 Å². The van der Waals surface area contributed by atoms with Crippen molar-refractivity contribution >= 4 is 18.5 Å². The molecule has 9 atom stereocenters. The van der Waals surface area contributed by atoms with E-state index in [1.807, 2.05) is 0 Å². The van der Waals surface area contributed by atoms with Crippen molar-refractivity contribution < 1.29 is 0 Å². The molecular weight excluding hydrogens is 499 g/mol. The molecule has 2 aromatic rings. The van der Waals surface area contributed by atoms with Gasteiger partial charge < -0.3 is 0 Å². The third-order valence-corrected chi connectivity index (χ3v) is 16.4. The largest absolute Gasteiger partial charge is 0.0628 e. The summed E-state index contributed by atoms with van der Waals surface area (Å²) >= 11 is 0. The molecule has 0 amide bonds. The van der Waals surface area contributed by atoms with Gasteiger partial charge in [-0.05, 0) is 128 Å². The Balaban J connectivity index is 1.30. The minimum atomic E-state index is -0.352. The number of fused-ring (bicyclic) bond motifs is 5. The maximum atomic E-state index is 2.84. The van der Waals surface area contributed by atoms with E-state index in [4.69, 9.17) is 0 Å². The lowest BCUT2D eigenvalue weighted by molar-refractivity contribution is -0.111. The van der Waals surface area contributed by atoms with Gasteiger partial charge in [-0.2, -0.15) is 0 Å². The van der Waals surface area contributed by atoms with E-state index in [1.54, 1.807) is 10.6 Å². The molecule has 40 heavy (non-hydrogen) atoms. The van der Waals surface area contributed by atoms with Crippen molar-refractivity contribution in [2.75, 3.05) is 0 Å². The van der Waals surface area contributed by atoms with Gasteiger partial charge in [0, 0.05) is 0 Å². The van der Waals surface area contributed by atoms with Gasteiger partial charge in [-0.3, -0.25) is 0 Å². The van der Waals surface area contributed by atoms with E-state index in [-0.39, 0.29) is 7.92 Å². The second kappa shape index (κ2) is 11.9. The molecule has 0 saturated heterocycles. The second-order valence-corrected chi connectivity index (χ2v) is 17.9. The van der Waals surface area contributed by atoms with E-state index in [1.165, 1.54) is 77.0 Å². The summed E-state index contributed by atoms with van der Waals surface area (Å²) in [5.41, 5.74) is 1.89. The van der Waals surface area contributed by atoms with Crippen molar-refractivity contribution in [1.29, 1.82) is 0 Å². The highest BCUT2D eigenvalue weighted by atomic mass is 31.1. The Kier molecular flexibility index (Phi) is 8.59. The lowest BCUT2D eigenvalue weighted by Crippen LogP contribution is -2.58. The predicted molar refractivity (Wildman–Crippen MR) is 176 cm³/mol. The van der Waals surface area contributed by atoms with Gasteiger partial charge in [0.25, 0.3) is 0 Å². The minimum absolute atomic E-state index is 0.352. The topological polar surface area (TPSA) is 0 Å². The SMILES string of the molecule is CC(C)CCC[C@@H](C)[C@H]1CC[C@H]2[C@@H]3CCC4CCCC(P(c5ccccc5)c5ccccc5)[C@]4(C)[C@H]3CC[C@]12C. The van der Waals surface area contributed by atoms with Gasteiger partial charge in [0.15, 0.2) is 0 Å². The van der Waals surface area contributed by atoms with Crippen LogP contribution in [0.4, 0.5) is 0 Å². The van der Waals surface area contributed by atoms with Gasteiger partial charge in [0.2, 0.25) is 0 Å². The molecule has 4 aliphatic rings. The normalized spacial score (nSPS) is 38.1. The second-order valence-electron chi connectivity index (χ2n) is 15.5. The zero-order chi connectivity index (χ0) is 27.9. The summed E-state index contributed by atoms with van der Waals surface area (Å²) in [4.78, 5) is 0. The molecule has 218 valence electrons. The van der Waals surface area contributed by atoms with Crippen LogP contribution in [0.15, 0.2) is 60.7 Å². The number of benzene rings is 2. The van der Waals surface area contributed by atoms with Gasteiger partial charge in [-0.25, -0.2) is 0 Å². The van der Waals surface area contributed by atoms with Crippen LogP contribution < -0.4 is 10.6 Å². The summed E-state index contributed by atoms with van der Waals surface area (Å²) < 4.78 is 0. The van der Waals surface area contributed by atoms with Crippen molar-refractivity contribution in [3.8, 4) is 0 Å². The first-order valence-corrected chi connectivity index (χ1v) is 18.6. The molecular formula is C39H57P. The Hall–Kier alpha value is -1.13. The van der Waals surface area contributed by atoms with Crippen molar-refractivity contribution in [3.05, 3.63) is 60.7 Å². The van der Waals surface area contributed by atoms with E-state index >= 15 is 0 Å². The Bertz CT molecular complexity index is 1050. The molecule has 4 saturated carbocycles. The van der Waals surface area contributed by atoms with Crippen molar-refractivity contribution in [3.63, 3.8) is 0 Å². The average Bonchev–Trinajstić information content (AvgIpc) is 3.32. The molecule has 0 aromatic heterocycles. The van der Waals surface area contributed by atoms with Crippen LogP contribution >= 0.6 is 7.92 Å². The maximum Gasteiger partial charge on any atom is -0.00694 e. The summed E-state index contributed by atoms with van der Waals surface area (Å²) in [5, 5.41) is 3.24. The average molecular weight is 557 g/mol. The van der Waals surface area contributed by atoms with Crippen LogP contribution in [0.1, 0.15) is 112 Å². The molecule has 0 nitrogen and oxygen atoms in total. The van der Waals surface area contributed by atoms with Gasteiger partial charge in [-0.15, -0.1) is 0 Å². The van der Waals surface area contributed by atoms with Crippen LogP contribution in [-0.2, 0) is 0 Å². The van der Waals surface area contributed by atoms with E-state index in [9.17, 15) is 0 Å². The maximum absolute atomic E-state index is 2.84. The molecule has 6 rings (SSSR count). The first-order valence-electron chi connectivity index (χ1n) is 17.2. The van der Waals surface area contributed by atoms with E-state index in [0.717, 1.165) is 47.1 Å². The van der Waals surface area contributed by atoms with Crippen LogP contribution in [0.2, 0.25) is 0 Å². The quantitative estimate of drug-likeness (QED) is 0.284. The molecule has 1 heteroatoms. The van der Waals surface area contributed by atoms with E-state index in [0.29, 0.717) is 10.8 Å². The summed E-state index contributed by atoms with van der Waals surface area (Å²) in [5.74, 6) is 6.53. The van der Waals surface area contributed by atoms with Crippen molar-refractivity contribution in [2.45, 2.75) is 117 Å². The third-order valence-electron chi connectivity index (χ3n) is 13.3. The number of hydrogen-bond donors (Lipinski definition) is 0. The molecule has 0 spiro atoms. The van der Waals surface area contributed by atoms with Crippen molar-refractivity contribution in [1.82, 2.24) is 0 Å². The minimum Gasteiger partial charge on any atom is -0.0628 e. The summed E-state index contributed by atoms with van der Waals surface area (Å²) in [6, 6.07) is 23.5. The van der Waals surface area contributed by atoms with Gasteiger partial charge in [0.1, 0.15) is 0 Å². The van der Waals surface area contributed by atoms with Crippen molar-refractivity contribution in [2.24, 2.45) is 52.3 Å². The fourth-order valence-corrected chi connectivity index (χ4v) is 14.8. The monoisotopic (exact) mass is 556 g/mol. The highest BCUT2D eigenvalue weighted by Gasteiger charge is 2.62. The molecule has 0 bridgehead atoms. The first-order chi connectivity index (χ1) is 19.3. The fourth-order valence-electron chi connectivity index (χ4n) is 11.4. The highest BCUT2D eigenvalue weighted by molar-refractivity contribution is 7.73. The Morgan fingerprint density at radius 1 is 0.725 bits per heavy atom. The third kappa shape index (κ3) is 5.06. The molecule has 2 unspecified atom stereocenters. The Morgan fingerprint density at radius 2 is 1.40 bits per heavy atom. The van der Waals surface area contributed by atoms with Crippen LogP contribution in [0.25, 0.3) is 0 Å². The summed E-state index contributed by atoms with van der Waals surface area (Å²) in [7, 11) is -0.352. The van der Waals surface area contributed by atoms with Crippen LogP contribution in [-0.4, -0.2) is 5.66 Å². The molecule has 0 aliphatic heterocycles. The number of rotatable bonds is 8.